The first kappa shape index (κ1) is 13.7. The molecule has 0 aromatic heterocycles. The van der Waals surface area contributed by atoms with Gasteiger partial charge in [0.15, 0.2) is 11.9 Å². The van der Waals surface area contributed by atoms with E-state index in [2.05, 4.69) is 9.62 Å². The van der Waals surface area contributed by atoms with Gasteiger partial charge in [-0.25, -0.2) is 4.79 Å². The number of rotatable bonds is 3. The van der Waals surface area contributed by atoms with E-state index in [1.807, 2.05) is 0 Å². The Bertz CT molecular complexity index is 251. The van der Waals surface area contributed by atoms with Crippen LogP contribution in [0.3, 0.4) is 0 Å². The molecule has 0 spiro atoms. The first-order valence-corrected chi connectivity index (χ1v) is 3.34. The van der Waals surface area contributed by atoms with Crippen LogP contribution in [0, 0.1) is 0 Å². The summed E-state index contributed by atoms with van der Waals surface area (Å²) in [6.45, 7) is -0.724. The van der Waals surface area contributed by atoms with Gasteiger partial charge >= 0.3 is 35.5 Å². The van der Waals surface area contributed by atoms with Gasteiger partial charge in [-0.05, 0) is 0 Å². The van der Waals surface area contributed by atoms with Crippen LogP contribution in [0.4, 0.5) is 0 Å². The number of carbonyl (C=O) groups is 1. The molecule has 1 aliphatic heterocycles. The number of carbonyl (C=O) groups excluding carboxylic acids is 1. The van der Waals surface area contributed by atoms with E-state index in [0.29, 0.717) is 0 Å². The fourth-order valence-corrected chi connectivity index (χ4v) is 0.896. The minimum Gasteiger partial charge on any atom is -0.664 e. The summed E-state index contributed by atoms with van der Waals surface area (Å²) in [7, 11) is 0. The molecule has 0 unspecified atom stereocenters. The molecular formula is C6H7NaO7. The monoisotopic (exact) mass is 214 g/mol. The Morgan fingerprint density at radius 1 is 1.64 bits per heavy atom. The smallest absolute Gasteiger partial charge is 0.664 e. The van der Waals surface area contributed by atoms with E-state index in [1.54, 1.807) is 0 Å². The zero-order chi connectivity index (χ0) is 10.0. The van der Waals surface area contributed by atoms with Crippen molar-refractivity contribution >= 4 is 5.97 Å². The number of hydrogen-bond donors (Lipinski definition) is 3. The Kier molecular flexibility index (Phi) is 5.42. The summed E-state index contributed by atoms with van der Waals surface area (Å²) in [5.41, 5.74) is 0. The summed E-state index contributed by atoms with van der Waals surface area (Å²) < 4.78 is 4.33. The molecule has 0 saturated carbocycles. The maximum Gasteiger partial charge on any atom is 1.00 e. The number of aliphatic hydroxyl groups is 3. The molecule has 0 saturated heterocycles. The van der Waals surface area contributed by atoms with E-state index in [0.717, 1.165) is 0 Å². The second-order valence-electron chi connectivity index (χ2n) is 2.37. The molecule has 0 radical (unpaired) electrons. The molecule has 74 valence electrons. The molecule has 0 aliphatic carbocycles. The number of esters is 1. The molecule has 1 aliphatic rings. The predicted octanol–water partition coefficient (Wildman–Crippen LogP) is -5.67. The third kappa shape index (κ3) is 2.38. The van der Waals surface area contributed by atoms with Crippen molar-refractivity contribution in [3.05, 3.63) is 11.5 Å². The van der Waals surface area contributed by atoms with Gasteiger partial charge in [0.1, 0.15) is 6.10 Å². The third-order valence-electron chi connectivity index (χ3n) is 1.55. The molecule has 3 N–H and O–H groups in total. The van der Waals surface area contributed by atoms with Crippen LogP contribution in [0.5, 0.6) is 0 Å². The summed E-state index contributed by atoms with van der Waals surface area (Å²) in [6, 6.07) is 0. The van der Waals surface area contributed by atoms with Gasteiger partial charge in [-0.15, -0.1) is 0 Å². The summed E-state index contributed by atoms with van der Waals surface area (Å²) >= 11 is 0. The van der Waals surface area contributed by atoms with E-state index in [9.17, 15) is 10.1 Å². The van der Waals surface area contributed by atoms with E-state index in [-0.39, 0.29) is 29.6 Å². The van der Waals surface area contributed by atoms with Crippen molar-refractivity contribution in [2.75, 3.05) is 6.61 Å². The SMILES string of the molecule is O=C1O[C@H]([C@@H](O)CO)C(O[O-])=C1O.[Na+]. The molecule has 2 atom stereocenters. The molecule has 8 heteroatoms. The second kappa shape index (κ2) is 5.54. The largest absolute Gasteiger partial charge is 1.00 e. The second-order valence-corrected chi connectivity index (χ2v) is 2.37. The van der Waals surface area contributed by atoms with Gasteiger partial charge in [0, 0.05) is 0 Å². The molecule has 1 rings (SSSR count). The molecule has 0 aromatic rings. The summed E-state index contributed by atoms with van der Waals surface area (Å²) in [5, 5.41) is 36.3. The van der Waals surface area contributed by atoms with Crippen LogP contribution in [-0.2, 0) is 14.4 Å². The number of hydrogen-bond acceptors (Lipinski definition) is 7. The van der Waals surface area contributed by atoms with Crippen molar-refractivity contribution in [1.82, 2.24) is 0 Å². The molecule has 0 bridgehead atoms. The van der Waals surface area contributed by atoms with Gasteiger partial charge in [0.25, 0.3) is 0 Å². The maximum absolute atomic E-state index is 10.6. The number of aliphatic hydroxyl groups excluding tert-OH is 3. The van der Waals surface area contributed by atoms with Crippen LogP contribution in [0.2, 0.25) is 0 Å². The zero-order valence-corrected chi connectivity index (χ0v) is 9.34. The Morgan fingerprint density at radius 3 is 2.64 bits per heavy atom. The normalized spacial score (nSPS) is 22.8. The van der Waals surface area contributed by atoms with E-state index in [1.165, 1.54) is 0 Å². The van der Waals surface area contributed by atoms with E-state index < -0.39 is 36.3 Å². The molecule has 14 heavy (non-hydrogen) atoms. The first-order valence-electron chi connectivity index (χ1n) is 3.34. The minimum atomic E-state index is -1.49. The molecule has 0 aromatic carbocycles. The molecule has 0 fully saturated rings. The van der Waals surface area contributed by atoms with Crippen molar-refractivity contribution in [3.63, 3.8) is 0 Å². The van der Waals surface area contributed by atoms with Crippen molar-refractivity contribution < 1.29 is 64.6 Å². The Labute approximate surface area is 101 Å². The van der Waals surface area contributed by atoms with Gasteiger partial charge in [0.05, 0.1) is 6.61 Å². The van der Waals surface area contributed by atoms with Gasteiger partial charge in [0.2, 0.25) is 5.76 Å². The summed E-state index contributed by atoms with van der Waals surface area (Å²) in [4.78, 5) is 14.0. The van der Waals surface area contributed by atoms with Gasteiger partial charge < -0.3 is 30.2 Å². The quantitative estimate of drug-likeness (QED) is 0.185. The van der Waals surface area contributed by atoms with Crippen molar-refractivity contribution in [2.24, 2.45) is 0 Å². The van der Waals surface area contributed by atoms with Gasteiger partial charge in [-0.3, -0.25) is 0 Å². The van der Waals surface area contributed by atoms with Crippen LogP contribution < -0.4 is 34.8 Å². The minimum absolute atomic E-state index is 0. The van der Waals surface area contributed by atoms with E-state index >= 15 is 0 Å². The average Bonchev–Trinajstić information content (AvgIpc) is 2.42. The van der Waals surface area contributed by atoms with Crippen LogP contribution in [0.15, 0.2) is 11.5 Å². The predicted molar refractivity (Wildman–Crippen MR) is 33.7 cm³/mol. The van der Waals surface area contributed by atoms with Crippen molar-refractivity contribution in [3.8, 4) is 0 Å². The molecule has 7 nitrogen and oxygen atoms in total. The first-order chi connectivity index (χ1) is 6.11. The van der Waals surface area contributed by atoms with Gasteiger partial charge in [-0.2, -0.15) is 0 Å². The fraction of sp³-hybridized carbons (Fsp3) is 0.500. The van der Waals surface area contributed by atoms with Crippen LogP contribution in [0.25, 0.3) is 0 Å². The summed E-state index contributed by atoms with van der Waals surface area (Å²) in [5.74, 6) is -2.86. The Balaban J connectivity index is 0.00000169. The zero-order valence-electron chi connectivity index (χ0n) is 7.34. The Morgan fingerprint density at radius 2 is 2.21 bits per heavy atom. The van der Waals surface area contributed by atoms with Crippen molar-refractivity contribution in [1.29, 1.82) is 0 Å². The van der Waals surface area contributed by atoms with Gasteiger partial charge in [-0.1, -0.05) is 0 Å². The summed E-state index contributed by atoms with van der Waals surface area (Å²) in [6.07, 6.45) is -2.92. The molecular weight excluding hydrogens is 207 g/mol. The van der Waals surface area contributed by atoms with E-state index in [4.69, 9.17) is 15.3 Å². The van der Waals surface area contributed by atoms with Crippen molar-refractivity contribution in [2.45, 2.75) is 12.2 Å². The third-order valence-corrected chi connectivity index (χ3v) is 1.55. The fourth-order valence-electron chi connectivity index (χ4n) is 0.896. The Hall–Kier alpha value is -0.310. The molecule has 1 heterocycles. The topological polar surface area (TPSA) is 119 Å². The van der Waals surface area contributed by atoms with Crippen LogP contribution in [0.1, 0.15) is 0 Å². The number of ether oxygens (including phenoxy) is 1. The van der Waals surface area contributed by atoms with Crippen LogP contribution in [-0.4, -0.2) is 40.1 Å². The standard InChI is InChI=1S/C6H8O7.Na/c7-1-2(8)4-5(13-11)3(9)6(10)12-4;/h2,4,7-9,11H,1H2;/q;+1/p-1/t2-,4+;/m0./s1. The average molecular weight is 214 g/mol. The van der Waals surface area contributed by atoms with Crippen LogP contribution >= 0.6 is 0 Å². The maximum atomic E-state index is 10.6. The molecule has 0 amide bonds. The number of cyclic esters (lactones) is 1.